The largest absolute Gasteiger partial charge is 0.326 e. The molecule has 0 amide bonds. The van der Waals surface area contributed by atoms with Crippen LogP contribution in [0, 0.1) is 19.7 Å². The van der Waals surface area contributed by atoms with Gasteiger partial charge in [0.15, 0.2) is 0 Å². The molecule has 19 heavy (non-hydrogen) atoms. The molecular formula is C14H17ClFN3. The molecule has 0 spiro atoms. The molecule has 0 radical (unpaired) electrons. The highest BCUT2D eigenvalue weighted by atomic mass is 35.5. The van der Waals surface area contributed by atoms with Gasteiger partial charge in [0.05, 0.1) is 22.5 Å². The molecule has 0 fully saturated rings. The van der Waals surface area contributed by atoms with Gasteiger partial charge in [0.2, 0.25) is 0 Å². The summed E-state index contributed by atoms with van der Waals surface area (Å²) in [5.74, 6) is -0.265. The van der Waals surface area contributed by atoms with Crippen LogP contribution in [-0.2, 0) is 0 Å². The van der Waals surface area contributed by atoms with E-state index in [1.54, 1.807) is 12.1 Å². The highest BCUT2D eigenvalue weighted by molar-refractivity contribution is 6.31. The summed E-state index contributed by atoms with van der Waals surface area (Å²) < 4.78 is 14.8. The highest BCUT2D eigenvalue weighted by Gasteiger charge is 2.23. The fraction of sp³-hybridized carbons (Fsp3) is 0.357. The predicted molar refractivity (Wildman–Crippen MR) is 74.9 cm³/mol. The van der Waals surface area contributed by atoms with E-state index in [0.717, 1.165) is 17.0 Å². The summed E-state index contributed by atoms with van der Waals surface area (Å²) >= 11 is 6.18. The summed E-state index contributed by atoms with van der Waals surface area (Å²) in [7, 11) is 0. The minimum absolute atomic E-state index is 0.160. The van der Waals surface area contributed by atoms with Crippen molar-refractivity contribution in [3.8, 4) is 0 Å². The summed E-state index contributed by atoms with van der Waals surface area (Å²) in [5.41, 5.74) is 8.62. The Bertz CT molecular complexity index is 575. The van der Waals surface area contributed by atoms with Crippen LogP contribution < -0.4 is 5.73 Å². The van der Waals surface area contributed by atoms with E-state index < -0.39 is 0 Å². The van der Waals surface area contributed by atoms with Crippen molar-refractivity contribution in [1.82, 2.24) is 9.78 Å². The Hall–Kier alpha value is -1.39. The van der Waals surface area contributed by atoms with E-state index in [1.807, 2.05) is 25.5 Å². The molecule has 0 aliphatic heterocycles. The Morgan fingerprint density at radius 2 is 1.84 bits per heavy atom. The van der Waals surface area contributed by atoms with Gasteiger partial charge in [-0.15, -0.1) is 0 Å². The van der Waals surface area contributed by atoms with Crippen LogP contribution in [0.25, 0.3) is 0 Å². The summed E-state index contributed by atoms with van der Waals surface area (Å²) in [6.45, 7) is 5.66. The molecule has 2 unspecified atom stereocenters. The molecule has 2 N–H and O–H groups in total. The number of nitrogens with two attached hydrogens (primary N) is 1. The average Bonchev–Trinajstić information content (AvgIpc) is 2.60. The molecule has 2 rings (SSSR count). The van der Waals surface area contributed by atoms with Crippen LogP contribution >= 0.6 is 11.6 Å². The third kappa shape index (κ3) is 2.65. The molecule has 3 nitrogen and oxygen atoms in total. The zero-order chi connectivity index (χ0) is 14.2. The van der Waals surface area contributed by atoms with Crippen molar-refractivity contribution in [3.63, 3.8) is 0 Å². The van der Waals surface area contributed by atoms with Crippen LogP contribution in [0.4, 0.5) is 4.39 Å². The number of hydrogen-bond acceptors (Lipinski definition) is 2. The van der Waals surface area contributed by atoms with E-state index >= 15 is 0 Å². The van der Waals surface area contributed by atoms with Crippen molar-refractivity contribution in [2.45, 2.75) is 32.9 Å². The fourth-order valence-corrected chi connectivity index (χ4v) is 2.37. The van der Waals surface area contributed by atoms with Crippen molar-refractivity contribution in [2.24, 2.45) is 5.73 Å². The molecule has 5 heteroatoms. The predicted octanol–water partition coefficient (Wildman–Crippen LogP) is 3.23. The van der Waals surface area contributed by atoms with Crippen LogP contribution in [0.5, 0.6) is 0 Å². The Labute approximate surface area is 117 Å². The quantitative estimate of drug-likeness (QED) is 0.939. The normalized spacial score (nSPS) is 14.4. The van der Waals surface area contributed by atoms with Gasteiger partial charge in [0.1, 0.15) is 5.82 Å². The summed E-state index contributed by atoms with van der Waals surface area (Å²) in [6.07, 6.45) is 0. The molecule has 1 aromatic heterocycles. The van der Waals surface area contributed by atoms with Crippen molar-refractivity contribution >= 4 is 11.6 Å². The van der Waals surface area contributed by atoms with Gasteiger partial charge in [0, 0.05) is 6.04 Å². The van der Waals surface area contributed by atoms with Crippen LogP contribution in [-0.4, -0.2) is 15.8 Å². The lowest BCUT2D eigenvalue weighted by molar-refractivity contribution is 0.443. The maximum Gasteiger partial charge on any atom is 0.123 e. The van der Waals surface area contributed by atoms with E-state index in [4.69, 9.17) is 17.3 Å². The standard InChI is InChI=1S/C14H17ClFN3/c1-8(17)14(11-4-6-12(16)7-5-11)19-10(3)13(15)9(2)18-19/h4-8,14H,17H2,1-3H3. The van der Waals surface area contributed by atoms with E-state index in [1.165, 1.54) is 12.1 Å². The molecule has 0 bridgehead atoms. The lowest BCUT2D eigenvalue weighted by Crippen LogP contribution is -2.31. The second-order valence-electron chi connectivity index (χ2n) is 4.78. The van der Waals surface area contributed by atoms with Crippen molar-refractivity contribution in [2.75, 3.05) is 0 Å². The van der Waals surface area contributed by atoms with Gasteiger partial charge in [-0.25, -0.2) is 4.39 Å². The van der Waals surface area contributed by atoms with Gasteiger partial charge >= 0.3 is 0 Å². The molecule has 2 atom stereocenters. The third-order valence-corrected chi connectivity index (χ3v) is 3.76. The molecular weight excluding hydrogens is 265 g/mol. The first-order chi connectivity index (χ1) is 8.91. The smallest absolute Gasteiger partial charge is 0.123 e. The summed E-state index contributed by atoms with van der Waals surface area (Å²) in [4.78, 5) is 0. The second-order valence-corrected chi connectivity index (χ2v) is 5.16. The number of benzene rings is 1. The molecule has 0 aliphatic rings. The first-order valence-corrected chi connectivity index (χ1v) is 6.52. The van der Waals surface area contributed by atoms with Gasteiger partial charge in [0.25, 0.3) is 0 Å². The SMILES string of the molecule is Cc1nn(C(c2ccc(F)cc2)C(C)N)c(C)c1Cl. The monoisotopic (exact) mass is 281 g/mol. The van der Waals surface area contributed by atoms with Crippen molar-refractivity contribution in [3.05, 3.63) is 52.1 Å². The Morgan fingerprint density at radius 1 is 1.26 bits per heavy atom. The fourth-order valence-electron chi connectivity index (χ4n) is 2.24. The molecule has 2 aromatic rings. The highest BCUT2D eigenvalue weighted by Crippen LogP contribution is 2.27. The molecule has 1 heterocycles. The van der Waals surface area contributed by atoms with Crippen molar-refractivity contribution < 1.29 is 4.39 Å². The summed E-state index contributed by atoms with van der Waals surface area (Å²) in [6, 6.07) is 5.99. The minimum Gasteiger partial charge on any atom is -0.326 e. The Balaban J connectivity index is 2.51. The van der Waals surface area contributed by atoms with Gasteiger partial charge < -0.3 is 5.73 Å². The van der Waals surface area contributed by atoms with Crippen LogP contribution in [0.3, 0.4) is 0 Å². The van der Waals surface area contributed by atoms with Gasteiger partial charge in [-0.1, -0.05) is 23.7 Å². The lowest BCUT2D eigenvalue weighted by Gasteiger charge is -2.23. The first-order valence-electron chi connectivity index (χ1n) is 6.14. The van der Waals surface area contributed by atoms with Crippen LogP contribution in [0.15, 0.2) is 24.3 Å². The molecule has 1 aromatic carbocycles. The second kappa shape index (κ2) is 5.31. The van der Waals surface area contributed by atoms with Gasteiger partial charge in [-0.05, 0) is 38.5 Å². The number of halogens is 2. The first kappa shape index (κ1) is 14.0. The maximum absolute atomic E-state index is 13.0. The van der Waals surface area contributed by atoms with Crippen LogP contribution in [0.2, 0.25) is 5.02 Å². The maximum atomic E-state index is 13.0. The zero-order valence-electron chi connectivity index (χ0n) is 11.2. The van der Waals surface area contributed by atoms with E-state index in [2.05, 4.69) is 5.10 Å². The minimum atomic E-state index is -0.265. The van der Waals surface area contributed by atoms with Gasteiger partial charge in [-0.2, -0.15) is 5.10 Å². The Morgan fingerprint density at radius 3 is 2.26 bits per heavy atom. The Kier molecular flexibility index (Phi) is 3.92. The lowest BCUT2D eigenvalue weighted by atomic mass is 10.0. The van der Waals surface area contributed by atoms with E-state index in [-0.39, 0.29) is 17.9 Å². The number of aryl methyl sites for hydroxylation is 1. The summed E-state index contributed by atoms with van der Waals surface area (Å²) in [5, 5.41) is 5.09. The van der Waals surface area contributed by atoms with E-state index in [9.17, 15) is 4.39 Å². The number of rotatable bonds is 3. The number of nitrogens with zero attached hydrogens (tertiary/aromatic N) is 2. The van der Waals surface area contributed by atoms with Crippen LogP contribution in [0.1, 0.15) is 29.9 Å². The third-order valence-electron chi connectivity index (χ3n) is 3.21. The topological polar surface area (TPSA) is 43.8 Å². The van der Waals surface area contributed by atoms with Gasteiger partial charge in [-0.3, -0.25) is 4.68 Å². The molecule has 0 saturated heterocycles. The number of aromatic nitrogens is 2. The molecule has 0 aliphatic carbocycles. The number of hydrogen-bond donors (Lipinski definition) is 1. The zero-order valence-corrected chi connectivity index (χ0v) is 11.9. The van der Waals surface area contributed by atoms with E-state index in [0.29, 0.717) is 5.02 Å². The average molecular weight is 282 g/mol. The van der Waals surface area contributed by atoms with Crippen molar-refractivity contribution in [1.29, 1.82) is 0 Å². The molecule has 102 valence electrons. The molecule has 0 saturated carbocycles.